The summed E-state index contributed by atoms with van der Waals surface area (Å²) >= 11 is 0. The Morgan fingerprint density at radius 2 is 1.74 bits per heavy atom. The van der Waals surface area contributed by atoms with Crippen molar-refractivity contribution in [2.24, 2.45) is 0 Å². The predicted octanol–water partition coefficient (Wildman–Crippen LogP) is 0.146. The minimum atomic E-state index is -4.77. The molecule has 27 heavy (non-hydrogen) atoms. The minimum absolute atomic E-state index is 0. The molecule has 12 heteroatoms. The Morgan fingerprint density at radius 1 is 1.15 bits per heavy atom. The van der Waals surface area contributed by atoms with E-state index in [-0.39, 0.29) is 41.2 Å². The first-order chi connectivity index (χ1) is 11.2. The molecule has 0 unspecified atom stereocenters. The van der Waals surface area contributed by atoms with E-state index in [0.717, 1.165) is 18.2 Å². The van der Waals surface area contributed by atoms with Crippen molar-refractivity contribution in [2.75, 3.05) is 11.8 Å². The van der Waals surface area contributed by atoms with Crippen molar-refractivity contribution in [3.8, 4) is 5.75 Å². The van der Waals surface area contributed by atoms with E-state index < -0.39 is 43.8 Å². The summed E-state index contributed by atoms with van der Waals surface area (Å²) in [7, 11) is -3.56. The first kappa shape index (κ1) is 27.2. The summed E-state index contributed by atoms with van der Waals surface area (Å²) in [5, 5.41) is 0. The summed E-state index contributed by atoms with van der Waals surface area (Å²) in [4.78, 5) is -1.29. The number of ether oxygens (including phenoxy) is 1. The fourth-order valence-electron chi connectivity index (χ4n) is 1.92. The summed E-state index contributed by atoms with van der Waals surface area (Å²) in [5.74, 6) is -6.10. The first-order valence-electron chi connectivity index (χ1n) is 6.29. The molecule has 3 N–H and O–H groups in total. The molecule has 0 saturated heterocycles. The van der Waals surface area contributed by atoms with Gasteiger partial charge in [-0.15, -0.1) is 18.7 Å². The van der Waals surface area contributed by atoms with E-state index in [1.54, 1.807) is 0 Å². The van der Waals surface area contributed by atoms with E-state index in [9.17, 15) is 26.0 Å². The van der Waals surface area contributed by atoms with Gasteiger partial charge in [0.25, 0.3) is 0 Å². The zero-order valence-corrected chi connectivity index (χ0v) is 14.9. The second-order valence-electron chi connectivity index (χ2n) is 4.47. The van der Waals surface area contributed by atoms with Gasteiger partial charge in [0.15, 0.2) is 11.6 Å². The Morgan fingerprint density at radius 3 is 2.22 bits per heavy atom. The van der Waals surface area contributed by atoms with Crippen LogP contribution in [-0.4, -0.2) is 26.5 Å². The normalized spacial score (nSPS) is 9.96. The quantitative estimate of drug-likeness (QED) is 0.331. The van der Waals surface area contributed by atoms with Crippen molar-refractivity contribution >= 4 is 21.8 Å². The number of nitrogens with one attached hydrogen (secondary N) is 1. The fourth-order valence-corrected chi connectivity index (χ4v) is 3.24. The summed E-state index contributed by atoms with van der Waals surface area (Å²) in [6.45, 7) is 3.16. The number of hydrogen-bond donors (Lipinski definition) is 1. The van der Waals surface area contributed by atoms with Gasteiger partial charge in [-0.25, -0.2) is 21.6 Å². The zero-order chi connectivity index (χ0) is 18.1. The van der Waals surface area contributed by atoms with Crippen LogP contribution in [-0.2, 0) is 10.0 Å². The van der Waals surface area contributed by atoms with Crippen molar-refractivity contribution in [3.05, 3.63) is 59.7 Å². The Labute approximate surface area is 164 Å². The zero-order valence-electron chi connectivity index (χ0n) is 14.1. The Kier molecular flexibility index (Phi) is 10.4. The second kappa shape index (κ2) is 10.3. The monoisotopic (exact) mass is 401 g/mol. The maximum Gasteiger partial charge on any atom is 1.00 e. The summed E-state index contributed by atoms with van der Waals surface area (Å²) < 4.78 is 85.5. The van der Waals surface area contributed by atoms with E-state index in [1.165, 1.54) is 13.2 Å². The molecular weight excluding hydrogens is 389 g/mol. The molecule has 0 heterocycles. The molecule has 0 amide bonds. The fraction of sp³-hybridized carbons (Fsp3) is 0.0667. The van der Waals surface area contributed by atoms with Crippen LogP contribution in [0.15, 0.2) is 29.7 Å². The Bertz CT molecular complexity index is 925. The van der Waals surface area contributed by atoms with Crippen LogP contribution in [0.1, 0.15) is 5.56 Å². The molecule has 0 radical (unpaired) electrons. The molecule has 0 spiro atoms. The Hall–Kier alpha value is -2.03. The second-order valence-corrected chi connectivity index (χ2v) is 6.09. The number of halogens is 4. The van der Waals surface area contributed by atoms with Crippen molar-refractivity contribution in [3.63, 3.8) is 0 Å². The van der Waals surface area contributed by atoms with Crippen LogP contribution in [0.2, 0.25) is 0 Å². The van der Waals surface area contributed by atoms with Gasteiger partial charge in [-0.05, 0) is 12.1 Å². The smallest absolute Gasteiger partial charge is 0.870 e. The van der Waals surface area contributed by atoms with Crippen LogP contribution in [0.5, 0.6) is 5.75 Å². The number of rotatable bonds is 5. The maximum atomic E-state index is 13.9. The minimum Gasteiger partial charge on any atom is -0.870 e. The van der Waals surface area contributed by atoms with Crippen molar-refractivity contribution in [1.82, 2.24) is 0 Å². The molecular formula is C15H12F4LiNO5S-2. The van der Waals surface area contributed by atoms with Crippen molar-refractivity contribution in [2.45, 2.75) is 4.90 Å². The van der Waals surface area contributed by atoms with Gasteiger partial charge in [-0.2, -0.15) is 0 Å². The van der Waals surface area contributed by atoms with Gasteiger partial charge in [0.2, 0.25) is 10.0 Å². The molecule has 2 rings (SSSR count). The molecule has 2 aromatic rings. The molecule has 2 aromatic carbocycles. The molecule has 0 aliphatic rings. The number of benzene rings is 2. The standard InChI is InChI=1S/C15H10F4NO3S.Li.2H2O/c1-3-9-10(16)7-12(18)14(19)15(9)24(21,22)20-8-4-5-13(23-2)11(17)6-8;;;/h3-6,20H,1H2,2H3;;2*1H2/q-1;+1;;/p-2. The summed E-state index contributed by atoms with van der Waals surface area (Å²) in [5.41, 5.74) is -1.09. The average Bonchev–Trinajstić information content (AvgIpc) is 2.50. The van der Waals surface area contributed by atoms with Crippen LogP contribution in [0.25, 0.3) is 6.08 Å². The third-order valence-electron chi connectivity index (χ3n) is 2.97. The molecule has 0 bridgehead atoms. The van der Waals surface area contributed by atoms with Gasteiger partial charge >= 0.3 is 18.9 Å². The predicted molar refractivity (Wildman–Crippen MR) is 82.9 cm³/mol. The molecule has 0 aromatic heterocycles. The van der Waals surface area contributed by atoms with Crippen LogP contribution in [0.3, 0.4) is 0 Å². The third kappa shape index (κ3) is 5.47. The number of methoxy groups -OCH3 is 1. The third-order valence-corrected chi connectivity index (χ3v) is 4.41. The van der Waals surface area contributed by atoms with Gasteiger partial charge < -0.3 is 15.7 Å². The van der Waals surface area contributed by atoms with Gasteiger partial charge in [0.1, 0.15) is 0 Å². The molecule has 0 fully saturated rings. The van der Waals surface area contributed by atoms with Crippen LogP contribution in [0, 0.1) is 29.3 Å². The number of hydrogen-bond acceptors (Lipinski definition) is 5. The molecule has 0 aliphatic carbocycles. The maximum absolute atomic E-state index is 13.9. The average molecular weight is 401 g/mol. The van der Waals surface area contributed by atoms with Crippen LogP contribution in [0.4, 0.5) is 23.2 Å². The number of sulfonamides is 1. The molecule has 0 atom stereocenters. The van der Waals surface area contributed by atoms with Crippen LogP contribution >= 0.6 is 0 Å². The number of anilines is 1. The Balaban J connectivity index is 0. The van der Waals surface area contributed by atoms with E-state index >= 15 is 0 Å². The molecule has 0 aliphatic heterocycles. The van der Waals surface area contributed by atoms with Gasteiger partial charge in [0.05, 0.1) is 18.6 Å². The molecule has 6 nitrogen and oxygen atoms in total. The largest absolute Gasteiger partial charge is 1.00 e. The van der Waals surface area contributed by atoms with E-state index in [4.69, 9.17) is 0 Å². The van der Waals surface area contributed by atoms with Crippen LogP contribution < -0.4 is 28.3 Å². The first-order valence-corrected chi connectivity index (χ1v) is 7.78. The molecule has 144 valence electrons. The topological polar surface area (TPSA) is 115 Å². The van der Waals surface area contributed by atoms with Crippen molar-refractivity contribution < 1.29 is 60.5 Å². The van der Waals surface area contributed by atoms with E-state index in [0.29, 0.717) is 6.08 Å². The van der Waals surface area contributed by atoms with Gasteiger partial charge in [-0.1, -0.05) is 5.56 Å². The van der Waals surface area contributed by atoms with E-state index in [2.05, 4.69) is 11.3 Å². The molecule has 0 saturated carbocycles. The summed E-state index contributed by atoms with van der Waals surface area (Å²) in [6, 6.07) is 4.43. The van der Waals surface area contributed by atoms with Gasteiger partial charge in [-0.3, -0.25) is 9.11 Å². The SMILES string of the molecule is C=Cc1c(F)[c-]c(F)c(F)c1S(=O)(=O)Nc1ccc(OC)c(F)c1.[Li+].[OH-].[OH-]. The van der Waals surface area contributed by atoms with E-state index in [1.807, 2.05) is 4.72 Å². The summed E-state index contributed by atoms with van der Waals surface area (Å²) in [6.07, 6.45) is 0.706. The van der Waals surface area contributed by atoms with Crippen molar-refractivity contribution in [1.29, 1.82) is 0 Å². The van der Waals surface area contributed by atoms with Gasteiger partial charge in [0, 0.05) is 22.6 Å².